The Hall–Kier alpha value is -1.67. The van der Waals surface area contributed by atoms with Gasteiger partial charge in [0.15, 0.2) is 5.71 Å². The van der Waals surface area contributed by atoms with Gasteiger partial charge in [0, 0.05) is 5.56 Å². The summed E-state index contributed by atoms with van der Waals surface area (Å²) in [5.41, 5.74) is 5.73. The molecule has 1 aromatic rings. The van der Waals surface area contributed by atoms with Crippen molar-refractivity contribution < 1.29 is 13.7 Å². The van der Waals surface area contributed by atoms with E-state index in [-0.39, 0.29) is 12.3 Å². The van der Waals surface area contributed by atoms with Gasteiger partial charge >= 0.3 is 7.75 Å². The minimum atomic E-state index is -3.72. The first-order valence-corrected chi connectivity index (χ1v) is 6.45. The summed E-state index contributed by atoms with van der Waals surface area (Å²) < 4.78 is 20.6. The van der Waals surface area contributed by atoms with Gasteiger partial charge in [-0.1, -0.05) is 35.5 Å². The monoisotopic (exact) mass is 253 g/mol. The maximum absolute atomic E-state index is 11.4. The molecule has 0 aliphatic heterocycles. The van der Waals surface area contributed by atoms with E-state index in [4.69, 9.17) is 10.8 Å². The minimum Gasteiger partial charge on any atom is -0.300 e. The Morgan fingerprint density at radius 1 is 1.53 bits per heavy atom. The van der Waals surface area contributed by atoms with E-state index < -0.39 is 7.75 Å². The third kappa shape index (κ3) is 4.37. The van der Waals surface area contributed by atoms with Crippen LogP contribution in [-0.2, 0) is 13.7 Å². The van der Waals surface area contributed by atoms with Gasteiger partial charge in [0.05, 0.1) is 6.61 Å². The lowest BCUT2D eigenvalue weighted by Crippen LogP contribution is -2.04. The van der Waals surface area contributed by atoms with Crippen LogP contribution >= 0.6 is 7.75 Å². The smallest absolute Gasteiger partial charge is 0.300 e. The molecule has 0 aliphatic rings. The van der Waals surface area contributed by atoms with Gasteiger partial charge in [0.1, 0.15) is 6.07 Å². The lowest BCUT2D eigenvalue weighted by molar-refractivity contribution is 0.220. The van der Waals surface area contributed by atoms with Gasteiger partial charge in [-0.15, -0.1) is 0 Å². The predicted molar refractivity (Wildman–Crippen MR) is 63.1 cm³/mol. The zero-order valence-electron chi connectivity index (χ0n) is 9.24. The van der Waals surface area contributed by atoms with E-state index in [0.29, 0.717) is 5.56 Å². The van der Waals surface area contributed by atoms with Crippen LogP contribution in [0.2, 0.25) is 0 Å². The van der Waals surface area contributed by atoms with Crippen LogP contribution in [-0.4, -0.2) is 12.3 Å². The molecule has 1 unspecified atom stereocenters. The molecule has 0 saturated carbocycles. The van der Waals surface area contributed by atoms with Crippen molar-refractivity contribution in [3.63, 3.8) is 0 Å². The quantitative estimate of drug-likeness (QED) is 0.492. The summed E-state index contributed by atoms with van der Waals surface area (Å²) in [6.07, 6.45) is 0. The molecule has 0 bridgehead atoms. The van der Waals surface area contributed by atoms with Crippen molar-refractivity contribution in [3.05, 3.63) is 35.9 Å². The summed E-state index contributed by atoms with van der Waals surface area (Å²) in [6, 6.07) is 10.5. The number of hydrogen-bond acceptors (Lipinski definition) is 5. The number of rotatable bonds is 5. The maximum Gasteiger partial charge on any atom is 0.476 e. The van der Waals surface area contributed by atoms with Gasteiger partial charge < -0.3 is 4.62 Å². The van der Waals surface area contributed by atoms with E-state index in [1.54, 1.807) is 37.3 Å². The van der Waals surface area contributed by atoms with E-state index in [1.165, 1.54) is 0 Å². The average Bonchev–Trinajstić information content (AvgIpc) is 2.31. The fourth-order valence-electron chi connectivity index (χ4n) is 1.03. The highest BCUT2D eigenvalue weighted by Gasteiger charge is 2.18. The van der Waals surface area contributed by atoms with E-state index in [0.717, 1.165) is 0 Å². The number of oxime groups is 1. The molecule has 1 atom stereocenters. The third-order valence-electron chi connectivity index (χ3n) is 1.71. The second kappa shape index (κ2) is 6.16. The topological polar surface area (TPSA) is 97.7 Å². The summed E-state index contributed by atoms with van der Waals surface area (Å²) in [4.78, 5) is 0. The highest BCUT2D eigenvalue weighted by molar-refractivity contribution is 7.51. The van der Waals surface area contributed by atoms with Gasteiger partial charge in [-0.25, -0.2) is 10.1 Å². The van der Waals surface area contributed by atoms with E-state index >= 15 is 0 Å². The highest BCUT2D eigenvalue weighted by Crippen LogP contribution is 2.39. The Balaban J connectivity index is 2.84. The number of benzene rings is 1. The van der Waals surface area contributed by atoms with Crippen LogP contribution in [0.1, 0.15) is 12.5 Å². The van der Waals surface area contributed by atoms with Crippen LogP contribution in [0.25, 0.3) is 0 Å². The van der Waals surface area contributed by atoms with Crippen molar-refractivity contribution in [3.8, 4) is 6.07 Å². The van der Waals surface area contributed by atoms with E-state index in [1.807, 2.05) is 6.07 Å². The summed E-state index contributed by atoms with van der Waals surface area (Å²) >= 11 is 0. The first-order chi connectivity index (χ1) is 8.09. The van der Waals surface area contributed by atoms with Gasteiger partial charge in [0.2, 0.25) is 0 Å². The molecule has 0 amide bonds. The largest absolute Gasteiger partial charge is 0.476 e. The van der Waals surface area contributed by atoms with Crippen LogP contribution in [0.4, 0.5) is 0 Å². The molecule has 7 heteroatoms. The molecule has 1 rings (SSSR count). The summed E-state index contributed by atoms with van der Waals surface area (Å²) in [6.45, 7) is 1.76. The van der Waals surface area contributed by atoms with Gasteiger partial charge in [-0.2, -0.15) is 5.26 Å². The van der Waals surface area contributed by atoms with Crippen LogP contribution in [0.5, 0.6) is 0 Å². The first kappa shape index (κ1) is 13.4. The fraction of sp³-hybridized carbons (Fsp3) is 0.200. The molecule has 0 spiro atoms. The summed E-state index contributed by atoms with van der Waals surface area (Å²) in [5, 5.41) is 12.3. The van der Waals surface area contributed by atoms with Crippen molar-refractivity contribution in [2.75, 3.05) is 6.61 Å². The zero-order valence-corrected chi connectivity index (χ0v) is 10.1. The molecule has 0 saturated heterocycles. The third-order valence-corrected chi connectivity index (χ3v) is 2.64. The molecule has 0 aromatic heterocycles. The number of nitrogens with zero attached hydrogens (tertiary/aromatic N) is 2. The van der Waals surface area contributed by atoms with Gasteiger partial charge in [-0.3, -0.25) is 4.52 Å². The molecule has 0 radical (unpaired) electrons. The fourth-order valence-corrected chi connectivity index (χ4v) is 1.64. The molecule has 90 valence electrons. The maximum atomic E-state index is 11.4. The highest BCUT2D eigenvalue weighted by atomic mass is 31.2. The number of nitrogens with two attached hydrogens (primary N) is 1. The Labute approximate surface area is 99.2 Å². The van der Waals surface area contributed by atoms with E-state index in [2.05, 4.69) is 14.3 Å². The van der Waals surface area contributed by atoms with Crippen molar-refractivity contribution in [2.24, 2.45) is 10.7 Å². The molecule has 0 fully saturated rings. The van der Waals surface area contributed by atoms with Crippen molar-refractivity contribution >= 4 is 13.5 Å². The minimum absolute atomic E-state index is 0.0176. The molecule has 17 heavy (non-hydrogen) atoms. The van der Waals surface area contributed by atoms with Gasteiger partial charge in [-0.05, 0) is 6.92 Å². The van der Waals surface area contributed by atoms with Crippen molar-refractivity contribution in [1.82, 2.24) is 0 Å². The SMILES string of the molecule is CCOP(N)(=O)O/N=C(\C#N)c1ccccc1. The molecular weight excluding hydrogens is 241 g/mol. The second-order valence-electron chi connectivity index (χ2n) is 2.96. The Kier molecular flexibility index (Phi) is 4.85. The molecular formula is C10H12N3O3P. The summed E-state index contributed by atoms with van der Waals surface area (Å²) in [5.74, 6) is 0. The Morgan fingerprint density at radius 3 is 2.71 bits per heavy atom. The number of nitriles is 1. The standard InChI is InChI=1S/C10H12N3O3P/c1-2-15-17(12,14)16-13-10(8-11)9-6-4-3-5-7-9/h3-7H,2H2,1H3,(H2,12,14)/b13-10+. The van der Waals surface area contributed by atoms with Crippen LogP contribution in [0.3, 0.4) is 0 Å². The van der Waals surface area contributed by atoms with Crippen LogP contribution in [0.15, 0.2) is 35.5 Å². The first-order valence-electron chi connectivity index (χ1n) is 4.84. The molecule has 1 aromatic carbocycles. The van der Waals surface area contributed by atoms with Crippen molar-refractivity contribution in [1.29, 1.82) is 5.26 Å². The zero-order chi connectivity index (χ0) is 12.7. The van der Waals surface area contributed by atoms with Gasteiger partial charge in [0.25, 0.3) is 0 Å². The summed E-state index contributed by atoms with van der Waals surface area (Å²) in [7, 11) is -3.72. The molecule has 2 N–H and O–H groups in total. The molecule has 0 aliphatic carbocycles. The van der Waals surface area contributed by atoms with E-state index in [9.17, 15) is 4.57 Å². The lowest BCUT2D eigenvalue weighted by atomic mass is 10.1. The van der Waals surface area contributed by atoms with Crippen LogP contribution < -0.4 is 5.50 Å². The van der Waals surface area contributed by atoms with Crippen LogP contribution in [0, 0.1) is 11.3 Å². The Bertz CT molecular complexity index is 481. The molecule has 6 nitrogen and oxygen atoms in total. The average molecular weight is 253 g/mol. The molecule has 0 heterocycles. The predicted octanol–water partition coefficient (Wildman–Crippen LogP) is 2.03. The second-order valence-corrected chi connectivity index (χ2v) is 4.46. The normalized spacial score (nSPS) is 14.8. The van der Waals surface area contributed by atoms with Crippen molar-refractivity contribution in [2.45, 2.75) is 6.92 Å². The lowest BCUT2D eigenvalue weighted by Gasteiger charge is -2.08. The Morgan fingerprint density at radius 2 is 2.18 bits per heavy atom. The number of hydrogen-bond donors (Lipinski definition) is 1.